The number of nitrogens with one attached hydrogen (secondary N) is 3. The van der Waals surface area contributed by atoms with Gasteiger partial charge in [-0.3, -0.25) is 9.89 Å². The number of alkyl halides is 3. The lowest BCUT2D eigenvalue weighted by molar-refractivity contribution is -0.137. The van der Waals surface area contributed by atoms with E-state index in [9.17, 15) is 18.0 Å². The number of fused-ring (bicyclic) bond motifs is 1. The second-order valence-electron chi connectivity index (χ2n) is 6.23. The number of halogens is 3. The van der Waals surface area contributed by atoms with Crippen LogP contribution in [0.3, 0.4) is 0 Å². The number of anilines is 3. The van der Waals surface area contributed by atoms with Crippen LogP contribution in [0.5, 0.6) is 0 Å². The molecule has 0 atom stereocenters. The Morgan fingerprint density at radius 1 is 1.03 bits per heavy atom. The number of pyridine rings is 1. The van der Waals surface area contributed by atoms with Crippen molar-refractivity contribution >= 4 is 34.0 Å². The van der Waals surface area contributed by atoms with Crippen molar-refractivity contribution in [2.75, 3.05) is 10.6 Å². The van der Waals surface area contributed by atoms with Crippen molar-refractivity contribution in [1.29, 1.82) is 0 Å². The molecule has 29 heavy (non-hydrogen) atoms. The van der Waals surface area contributed by atoms with Gasteiger partial charge >= 0.3 is 6.18 Å². The number of hydrogen-bond donors (Lipinski definition) is 3. The lowest BCUT2D eigenvalue weighted by atomic mass is 10.1. The van der Waals surface area contributed by atoms with Crippen LogP contribution in [0.25, 0.3) is 10.9 Å². The average Bonchev–Trinajstić information content (AvgIpc) is 3.17. The molecule has 2 aromatic heterocycles. The zero-order valence-corrected chi connectivity index (χ0v) is 14.8. The van der Waals surface area contributed by atoms with Gasteiger partial charge in [0.1, 0.15) is 0 Å². The third-order valence-electron chi connectivity index (χ3n) is 4.21. The zero-order chi connectivity index (χ0) is 20.4. The number of hydrogen-bond acceptors (Lipinski definition) is 4. The van der Waals surface area contributed by atoms with Crippen LogP contribution in [0.1, 0.15) is 15.9 Å². The summed E-state index contributed by atoms with van der Waals surface area (Å²) in [5.41, 5.74) is 0.867. The molecule has 9 heteroatoms. The summed E-state index contributed by atoms with van der Waals surface area (Å²) in [6.45, 7) is 0. The maximum absolute atomic E-state index is 12.9. The van der Waals surface area contributed by atoms with Crippen molar-refractivity contribution in [3.8, 4) is 0 Å². The number of aromatic amines is 1. The van der Waals surface area contributed by atoms with E-state index >= 15 is 0 Å². The van der Waals surface area contributed by atoms with Crippen LogP contribution < -0.4 is 10.6 Å². The molecule has 3 N–H and O–H groups in total. The van der Waals surface area contributed by atoms with Gasteiger partial charge in [-0.1, -0.05) is 6.07 Å². The summed E-state index contributed by atoms with van der Waals surface area (Å²) in [7, 11) is 0. The van der Waals surface area contributed by atoms with E-state index < -0.39 is 17.6 Å². The normalized spacial score (nSPS) is 11.4. The molecule has 2 heterocycles. The second kappa shape index (κ2) is 7.27. The molecule has 6 nitrogen and oxygen atoms in total. The average molecular weight is 397 g/mol. The predicted molar refractivity (Wildman–Crippen MR) is 103 cm³/mol. The molecule has 4 rings (SSSR count). The Labute approximate surface area is 162 Å². The van der Waals surface area contributed by atoms with Gasteiger partial charge in [0.2, 0.25) is 0 Å². The standard InChI is InChI=1S/C20H14F3N5O/c21-20(22,23)14-4-1-3-12(9-14)19(29)27-16-5-2-8-24-18(16)26-15-7-6-13-11-25-28-17(13)10-15/h1-11H,(H,24,26)(H,25,28)(H,27,29). The van der Waals surface area contributed by atoms with Crippen LogP contribution >= 0.6 is 0 Å². The maximum Gasteiger partial charge on any atom is 0.416 e. The molecule has 0 bridgehead atoms. The Morgan fingerprint density at radius 2 is 1.90 bits per heavy atom. The van der Waals surface area contributed by atoms with Crippen molar-refractivity contribution in [3.63, 3.8) is 0 Å². The summed E-state index contributed by atoms with van der Waals surface area (Å²) >= 11 is 0. The molecule has 0 aliphatic rings. The van der Waals surface area contributed by atoms with Crippen LogP contribution in [0.15, 0.2) is 67.0 Å². The molecule has 0 aliphatic carbocycles. The van der Waals surface area contributed by atoms with Gasteiger partial charge in [0, 0.05) is 22.8 Å². The minimum absolute atomic E-state index is 0.103. The molecule has 0 aliphatic heterocycles. The maximum atomic E-state index is 12.9. The van der Waals surface area contributed by atoms with E-state index in [2.05, 4.69) is 25.8 Å². The first-order valence-corrected chi connectivity index (χ1v) is 8.54. The van der Waals surface area contributed by atoms with E-state index in [1.54, 1.807) is 18.3 Å². The number of amides is 1. The van der Waals surface area contributed by atoms with E-state index in [4.69, 9.17) is 0 Å². The van der Waals surface area contributed by atoms with E-state index in [-0.39, 0.29) is 5.56 Å². The monoisotopic (exact) mass is 397 g/mol. The smallest absolute Gasteiger partial charge is 0.338 e. The lowest BCUT2D eigenvalue weighted by Gasteiger charge is -2.13. The number of benzene rings is 2. The molecule has 1 amide bonds. The van der Waals surface area contributed by atoms with E-state index in [1.165, 1.54) is 18.3 Å². The number of carbonyl (C=O) groups is 1. The SMILES string of the molecule is O=C(Nc1cccnc1Nc1ccc2cn[nH]c2c1)c1cccc(C(F)(F)F)c1. The number of nitrogens with zero attached hydrogens (tertiary/aromatic N) is 2. The first kappa shape index (κ1) is 18.5. The van der Waals surface area contributed by atoms with E-state index in [1.807, 2.05) is 18.2 Å². The number of aromatic nitrogens is 3. The molecule has 0 spiro atoms. The fraction of sp³-hybridized carbons (Fsp3) is 0.0500. The molecule has 0 saturated heterocycles. The molecular formula is C20H14F3N5O. The molecule has 2 aromatic carbocycles. The highest BCUT2D eigenvalue weighted by atomic mass is 19.4. The summed E-state index contributed by atoms with van der Waals surface area (Å²) in [5.74, 6) is -0.317. The highest BCUT2D eigenvalue weighted by molar-refractivity contribution is 6.06. The van der Waals surface area contributed by atoms with Crippen LogP contribution in [0, 0.1) is 0 Å². The van der Waals surface area contributed by atoms with Crippen molar-refractivity contribution < 1.29 is 18.0 Å². The van der Waals surface area contributed by atoms with Gasteiger partial charge in [-0.15, -0.1) is 0 Å². The summed E-state index contributed by atoms with van der Waals surface area (Å²) in [6.07, 6.45) is -1.29. The fourth-order valence-electron chi connectivity index (χ4n) is 2.79. The van der Waals surface area contributed by atoms with Crippen molar-refractivity contribution in [3.05, 3.63) is 78.1 Å². The van der Waals surface area contributed by atoms with Crippen LogP contribution in [0.4, 0.5) is 30.4 Å². The van der Waals surface area contributed by atoms with Gasteiger partial charge in [-0.25, -0.2) is 4.98 Å². The molecule has 4 aromatic rings. The number of H-pyrrole nitrogens is 1. The first-order valence-electron chi connectivity index (χ1n) is 8.54. The van der Waals surface area contributed by atoms with Crippen LogP contribution in [0.2, 0.25) is 0 Å². The van der Waals surface area contributed by atoms with Gasteiger partial charge in [0.15, 0.2) is 5.82 Å². The van der Waals surface area contributed by atoms with Crippen LogP contribution in [-0.4, -0.2) is 21.1 Å². The topological polar surface area (TPSA) is 82.7 Å². The summed E-state index contributed by atoms with van der Waals surface area (Å²) in [6, 6.07) is 13.0. The second-order valence-corrected chi connectivity index (χ2v) is 6.23. The van der Waals surface area contributed by atoms with Crippen molar-refractivity contribution in [1.82, 2.24) is 15.2 Å². The predicted octanol–water partition coefficient (Wildman–Crippen LogP) is 4.97. The number of rotatable bonds is 4. The highest BCUT2D eigenvalue weighted by Gasteiger charge is 2.30. The molecule has 0 saturated carbocycles. The largest absolute Gasteiger partial charge is 0.416 e. The zero-order valence-electron chi connectivity index (χ0n) is 14.8. The Balaban J connectivity index is 1.57. The first-order chi connectivity index (χ1) is 13.9. The molecule has 0 fully saturated rings. The Kier molecular flexibility index (Phi) is 4.63. The lowest BCUT2D eigenvalue weighted by Crippen LogP contribution is -2.15. The minimum atomic E-state index is -4.53. The fourth-order valence-corrected chi connectivity index (χ4v) is 2.79. The van der Waals surface area contributed by atoms with Gasteiger partial charge in [0.25, 0.3) is 5.91 Å². The minimum Gasteiger partial charge on any atom is -0.338 e. The summed E-state index contributed by atoms with van der Waals surface area (Å²) in [4.78, 5) is 16.7. The Hall–Kier alpha value is -3.88. The summed E-state index contributed by atoms with van der Waals surface area (Å²) < 4.78 is 38.7. The van der Waals surface area contributed by atoms with Gasteiger partial charge < -0.3 is 10.6 Å². The van der Waals surface area contributed by atoms with E-state index in [0.29, 0.717) is 17.2 Å². The van der Waals surface area contributed by atoms with Crippen molar-refractivity contribution in [2.45, 2.75) is 6.18 Å². The van der Waals surface area contributed by atoms with Crippen molar-refractivity contribution in [2.24, 2.45) is 0 Å². The molecule has 0 unspecified atom stereocenters. The Bertz CT molecular complexity index is 1190. The van der Waals surface area contributed by atoms with Gasteiger partial charge in [-0.05, 0) is 48.5 Å². The third kappa shape index (κ3) is 4.03. The summed E-state index contributed by atoms with van der Waals surface area (Å²) in [5, 5.41) is 13.5. The van der Waals surface area contributed by atoms with E-state index in [0.717, 1.165) is 23.0 Å². The van der Waals surface area contributed by atoms with Gasteiger partial charge in [0.05, 0.1) is 23.0 Å². The van der Waals surface area contributed by atoms with Gasteiger partial charge in [-0.2, -0.15) is 18.3 Å². The molecule has 0 radical (unpaired) electrons. The molecule has 146 valence electrons. The molecular weight excluding hydrogens is 383 g/mol. The Morgan fingerprint density at radius 3 is 2.72 bits per heavy atom. The highest BCUT2D eigenvalue weighted by Crippen LogP contribution is 2.30. The quantitative estimate of drug-likeness (QED) is 0.454. The van der Waals surface area contributed by atoms with Crippen LogP contribution in [-0.2, 0) is 6.18 Å². The third-order valence-corrected chi connectivity index (χ3v) is 4.21. The number of carbonyl (C=O) groups excluding carboxylic acids is 1.